The highest BCUT2D eigenvalue weighted by molar-refractivity contribution is 7.87. The van der Waals surface area contributed by atoms with Crippen LogP contribution in [0, 0.1) is 40.9 Å². The van der Waals surface area contributed by atoms with Gasteiger partial charge in [-0.3, -0.25) is 14.1 Å². The molecule has 13 nitrogen and oxygen atoms in total. The molecule has 1 aliphatic heterocycles. The van der Waals surface area contributed by atoms with E-state index in [4.69, 9.17) is 23.5 Å². The van der Waals surface area contributed by atoms with Crippen LogP contribution in [0.2, 0.25) is 0 Å². The number of carbonyl (C=O) groups is 5. The van der Waals surface area contributed by atoms with E-state index in [1.165, 1.54) is 0 Å². The Labute approximate surface area is 232 Å². The summed E-state index contributed by atoms with van der Waals surface area (Å²) in [6, 6.07) is 0. The van der Waals surface area contributed by atoms with E-state index in [1.807, 2.05) is 0 Å². The molecule has 7 unspecified atom stereocenters. The van der Waals surface area contributed by atoms with Crippen molar-refractivity contribution in [3.63, 3.8) is 0 Å². The third kappa shape index (κ3) is 4.66. The van der Waals surface area contributed by atoms with Crippen molar-refractivity contribution < 1.29 is 69.4 Å². The molecule has 0 amide bonds. The van der Waals surface area contributed by atoms with E-state index in [9.17, 15) is 41.2 Å². The third-order valence-corrected chi connectivity index (χ3v) is 10.6. The van der Waals surface area contributed by atoms with Crippen molar-refractivity contribution in [2.75, 3.05) is 13.2 Å². The Kier molecular flexibility index (Phi) is 6.60. The molecule has 0 aromatic heterocycles. The molecule has 41 heavy (non-hydrogen) atoms. The van der Waals surface area contributed by atoms with Crippen LogP contribution in [-0.2, 0) is 57.8 Å². The summed E-state index contributed by atoms with van der Waals surface area (Å²) in [5.41, 5.74) is -0.885. The standard InChI is InChI=1S/C25H28F2O13S/c26-25(27,41(33,34)35)23(32)37-9-16(28)38-18-12-1-10-2-13(18)7-24(5-10,6-12)22(31)36-8-17(29)39-19-11-3-14-15(4-11)21(30)40-20(14)19/h10-15,18-20H,1-9H2,(H,33,34,35). The van der Waals surface area contributed by atoms with Crippen LogP contribution in [0.4, 0.5) is 8.78 Å². The van der Waals surface area contributed by atoms with Gasteiger partial charge in [-0.1, -0.05) is 0 Å². The van der Waals surface area contributed by atoms with Gasteiger partial charge in [-0.05, 0) is 62.7 Å². The third-order valence-electron chi connectivity index (χ3n) is 9.77. The first-order valence-electron chi connectivity index (χ1n) is 13.5. The molecule has 7 aliphatic rings. The van der Waals surface area contributed by atoms with Gasteiger partial charge < -0.3 is 23.7 Å². The average molecular weight is 607 g/mol. The van der Waals surface area contributed by atoms with Gasteiger partial charge in [0.1, 0.15) is 18.3 Å². The summed E-state index contributed by atoms with van der Waals surface area (Å²) in [7, 11) is -6.08. The molecule has 16 heteroatoms. The fourth-order valence-corrected chi connectivity index (χ4v) is 8.72. The van der Waals surface area contributed by atoms with Gasteiger partial charge in [-0.15, -0.1) is 0 Å². The quantitative estimate of drug-likeness (QED) is 0.221. The van der Waals surface area contributed by atoms with E-state index in [-0.39, 0.29) is 41.5 Å². The molecule has 7 rings (SSSR count). The molecule has 226 valence electrons. The minimum atomic E-state index is -6.08. The number of fused-ring (bicyclic) bond motifs is 1. The topological polar surface area (TPSA) is 186 Å². The van der Waals surface area contributed by atoms with Crippen molar-refractivity contribution in [2.24, 2.45) is 40.9 Å². The Morgan fingerprint density at radius 3 is 2.15 bits per heavy atom. The van der Waals surface area contributed by atoms with Crippen LogP contribution < -0.4 is 0 Å². The fourth-order valence-electron chi connectivity index (χ4n) is 8.45. The predicted octanol–water partition coefficient (Wildman–Crippen LogP) is 0.785. The molecule has 0 spiro atoms. The number of hydrogen-bond acceptors (Lipinski definition) is 12. The summed E-state index contributed by atoms with van der Waals surface area (Å²) in [6.07, 6.45) is 2.14. The SMILES string of the molecule is O=C(COC(=O)C(F)(F)S(=O)(=O)O)OC1C2CC3CC1CC(C(=O)OCC(=O)OC1C4CC5C(=O)OC1C5C4)(C3)C2. The Balaban J connectivity index is 1.00. The zero-order valence-corrected chi connectivity index (χ0v) is 22.4. The second kappa shape index (κ2) is 9.57. The lowest BCUT2D eigenvalue weighted by atomic mass is 9.48. The lowest BCUT2D eigenvalue weighted by molar-refractivity contribution is -0.201. The van der Waals surface area contributed by atoms with E-state index >= 15 is 0 Å². The van der Waals surface area contributed by atoms with Crippen LogP contribution in [0.25, 0.3) is 0 Å². The van der Waals surface area contributed by atoms with E-state index in [0.717, 1.165) is 6.42 Å². The van der Waals surface area contributed by atoms with Crippen LogP contribution in [0.3, 0.4) is 0 Å². The zero-order chi connectivity index (χ0) is 29.5. The van der Waals surface area contributed by atoms with E-state index < -0.39 is 76.2 Å². The minimum absolute atomic E-state index is 0.0478. The smallest absolute Gasteiger partial charge is 0.459 e. The number of alkyl halides is 2. The molecule has 0 radical (unpaired) electrons. The van der Waals surface area contributed by atoms with Crippen molar-refractivity contribution >= 4 is 40.0 Å². The molecule has 0 aromatic rings. The van der Waals surface area contributed by atoms with Crippen LogP contribution in [-0.4, -0.2) is 79.6 Å². The summed E-state index contributed by atoms with van der Waals surface area (Å²) in [4.78, 5) is 61.2. The van der Waals surface area contributed by atoms with Crippen LogP contribution >= 0.6 is 0 Å². The van der Waals surface area contributed by atoms with Crippen molar-refractivity contribution in [3.8, 4) is 0 Å². The molecule has 7 atom stereocenters. The van der Waals surface area contributed by atoms with Crippen LogP contribution in [0.5, 0.6) is 0 Å². The molecule has 7 fully saturated rings. The maximum absolute atomic E-state index is 13.3. The molecular weight excluding hydrogens is 578 g/mol. The molecule has 0 aromatic carbocycles. The fraction of sp³-hybridized carbons (Fsp3) is 0.800. The first-order valence-corrected chi connectivity index (χ1v) is 14.9. The van der Waals surface area contributed by atoms with Gasteiger partial charge in [0.05, 0.1) is 11.3 Å². The number of carbonyl (C=O) groups excluding carboxylic acids is 5. The summed E-state index contributed by atoms with van der Waals surface area (Å²) in [6.45, 7) is -1.88. The second-order valence-corrected chi connectivity index (χ2v) is 13.7. The van der Waals surface area contributed by atoms with Gasteiger partial charge in [-0.2, -0.15) is 17.2 Å². The maximum Gasteiger partial charge on any atom is 0.465 e. The summed E-state index contributed by atoms with van der Waals surface area (Å²) in [5, 5.41) is -5.24. The summed E-state index contributed by atoms with van der Waals surface area (Å²) < 4.78 is 82.2. The van der Waals surface area contributed by atoms with Crippen molar-refractivity contribution in [1.82, 2.24) is 0 Å². The first kappa shape index (κ1) is 28.2. The van der Waals surface area contributed by atoms with Gasteiger partial charge in [0, 0.05) is 11.8 Å². The lowest BCUT2D eigenvalue weighted by Gasteiger charge is -2.57. The number of rotatable bonds is 9. The highest BCUT2D eigenvalue weighted by atomic mass is 32.2. The van der Waals surface area contributed by atoms with Crippen molar-refractivity contribution in [1.29, 1.82) is 0 Å². The summed E-state index contributed by atoms with van der Waals surface area (Å²) in [5.74, 6) is -5.72. The Hall–Kier alpha value is -2.88. The molecule has 6 aliphatic carbocycles. The first-order chi connectivity index (χ1) is 19.2. The lowest BCUT2D eigenvalue weighted by Crippen LogP contribution is -2.57. The summed E-state index contributed by atoms with van der Waals surface area (Å²) >= 11 is 0. The number of halogens is 2. The zero-order valence-electron chi connectivity index (χ0n) is 21.6. The monoisotopic (exact) mass is 606 g/mol. The molecule has 6 bridgehead atoms. The normalized spacial score (nSPS) is 39.8. The Morgan fingerprint density at radius 1 is 0.902 bits per heavy atom. The van der Waals surface area contributed by atoms with Crippen molar-refractivity contribution in [3.05, 3.63) is 0 Å². The van der Waals surface area contributed by atoms with Gasteiger partial charge in [0.2, 0.25) is 0 Å². The largest absolute Gasteiger partial charge is 0.465 e. The molecular formula is C25H28F2O13S. The van der Waals surface area contributed by atoms with E-state index in [2.05, 4.69) is 4.74 Å². The molecule has 6 saturated carbocycles. The van der Waals surface area contributed by atoms with E-state index in [0.29, 0.717) is 38.5 Å². The minimum Gasteiger partial charge on any atom is -0.459 e. The molecule has 1 heterocycles. The highest BCUT2D eigenvalue weighted by Crippen LogP contribution is 2.61. The Morgan fingerprint density at radius 2 is 1.51 bits per heavy atom. The number of esters is 5. The average Bonchev–Trinajstić information content (AvgIpc) is 3.52. The number of hydrogen-bond donors (Lipinski definition) is 1. The Bertz CT molecular complexity index is 1280. The van der Waals surface area contributed by atoms with Gasteiger partial charge in [-0.25, -0.2) is 14.4 Å². The van der Waals surface area contributed by atoms with Gasteiger partial charge >= 0.3 is 45.2 Å². The van der Waals surface area contributed by atoms with Crippen molar-refractivity contribution in [2.45, 2.75) is 68.5 Å². The maximum atomic E-state index is 13.3. The number of ether oxygens (including phenoxy) is 5. The van der Waals surface area contributed by atoms with Gasteiger partial charge in [0.15, 0.2) is 13.2 Å². The van der Waals surface area contributed by atoms with Crippen LogP contribution in [0.1, 0.15) is 44.9 Å². The predicted molar refractivity (Wildman–Crippen MR) is 124 cm³/mol. The highest BCUT2D eigenvalue weighted by Gasteiger charge is 2.64. The van der Waals surface area contributed by atoms with E-state index in [1.54, 1.807) is 0 Å². The van der Waals surface area contributed by atoms with Crippen LogP contribution in [0.15, 0.2) is 0 Å². The second-order valence-electron chi connectivity index (χ2n) is 12.2. The van der Waals surface area contributed by atoms with Gasteiger partial charge in [0.25, 0.3) is 0 Å². The molecule has 1 N–H and O–H groups in total. The molecule has 1 saturated heterocycles.